The summed E-state index contributed by atoms with van der Waals surface area (Å²) in [5, 5.41) is 19.2. The molecule has 0 aliphatic rings. The zero-order valence-corrected chi connectivity index (χ0v) is 12.4. The van der Waals surface area contributed by atoms with Crippen LogP contribution in [0.25, 0.3) is 0 Å². The highest BCUT2D eigenvalue weighted by molar-refractivity contribution is 9.10. The van der Waals surface area contributed by atoms with Crippen LogP contribution in [-0.4, -0.2) is 16.4 Å². The second-order valence-corrected chi connectivity index (χ2v) is 4.37. The standard InChI is InChI=1S/C13H10BrNO2.C2H6/c14-10-6-5-9(13(17)7-10)8-15-11-3-1-2-4-12(11)16;1-2/h1-8,16-17H;1-2H3. The van der Waals surface area contributed by atoms with Crippen LogP contribution in [0.4, 0.5) is 5.69 Å². The van der Waals surface area contributed by atoms with E-state index in [1.807, 2.05) is 19.9 Å². The summed E-state index contributed by atoms with van der Waals surface area (Å²) < 4.78 is 0.801. The van der Waals surface area contributed by atoms with Crippen molar-refractivity contribution in [3.8, 4) is 11.5 Å². The smallest absolute Gasteiger partial charge is 0.141 e. The van der Waals surface area contributed by atoms with Gasteiger partial charge >= 0.3 is 0 Å². The van der Waals surface area contributed by atoms with Gasteiger partial charge in [0.05, 0.1) is 0 Å². The number of phenols is 2. The maximum atomic E-state index is 9.65. The summed E-state index contributed by atoms with van der Waals surface area (Å²) in [5.41, 5.74) is 1.06. The normalized spacial score (nSPS) is 10.1. The maximum absolute atomic E-state index is 9.65. The highest BCUT2D eigenvalue weighted by atomic mass is 79.9. The van der Waals surface area contributed by atoms with Gasteiger partial charge in [-0.25, -0.2) is 0 Å². The molecule has 0 radical (unpaired) electrons. The number of hydrogen-bond acceptors (Lipinski definition) is 3. The molecule has 19 heavy (non-hydrogen) atoms. The number of nitrogens with zero attached hydrogens (tertiary/aromatic N) is 1. The van der Waals surface area contributed by atoms with Crippen LogP contribution >= 0.6 is 15.9 Å². The van der Waals surface area contributed by atoms with Gasteiger partial charge in [-0.1, -0.05) is 41.9 Å². The molecule has 0 aliphatic carbocycles. The van der Waals surface area contributed by atoms with Crippen LogP contribution in [0.2, 0.25) is 0 Å². The van der Waals surface area contributed by atoms with Gasteiger partial charge in [-0.15, -0.1) is 0 Å². The first-order chi connectivity index (χ1) is 9.16. The molecule has 0 atom stereocenters. The van der Waals surface area contributed by atoms with Crippen molar-refractivity contribution in [3.63, 3.8) is 0 Å². The molecular weight excluding hydrogens is 306 g/mol. The Morgan fingerprint density at radius 1 is 1.00 bits per heavy atom. The van der Waals surface area contributed by atoms with Crippen molar-refractivity contribution in [2.75, 3.05) is 0 Å². The summed E-state index contributed by atoms with van der Waals surface area (Å²) in [6, 6.07) is 11.9. The molecule has 2 rings (SSSR count). The molecule has 0 bridgehead atoms. The zero-order chi connectivity index (χ0) is 14.3. The molecule has 0 aliphatic heterocycles. The van der Waals surface area contributed by atoms with Crippen LogP contribution in [0, 0.1) is 0 Å². The van der Waals surface area contributed by atoms with Crippen molar-refractivity contribution in [1.29, 1.82) is 0 Å². The summed E-state index contributed by atoms with van der Waals surface area (Å²) in [5.74, 6) is 0.249. The minimum atomic E-state index is 0.111. The third kappa shape index (κ3) is 4.41. The number of aromatic hydroxyl groups is 2. The molecular formula is C15H16BrNO2. The third-order valence-corrected chi connectivity index (χ3v) is 2.71. The average Bonchev–Trinajstić information content (AvgIpc) is 2.42. The van der Waals surface area contributed by atoms with Crippen molar-refractivity contribution in [2.45, 2.75) is 13.8 Å². The molecule has 0 spiro atoms. The Bertz CT molecular complexity index is 568. The summed E-state index contributed by atoms with van der Waals surface area (Å²) in [6.45, 7) is 4.00. The van der Waals surface area contributed by atoms with E-state index in [9.17, 15) is 10.2 Å². The van der Waals surface area contributed by atoms with E-state index in [0.29, 0.717) is 11.3 Å². The second-order valence-electron chi connectivity index (χ2n) is 3.45. The molecule has 0 saturated carbocycles. The molecule has 0 unspecified atom stereocenters. The van der Waals surface area contributed by atoms with Gasteiger partial charge in [0.15, 0.2) is 0 Å². The number of halogens is 1. The first-order valence-corrected chi connectivity index (χ1v) is 6.77. The van der Waals surface area contributed by atoms with Gasteiger partial charge in [-0.2, -0.15) is 0 Å². The number of para-hydroxylation sites is 2. The first-order valence-electron chi connectivity index (χ1n) is 5.97. The van der Waals surface area contributed by atoms with Crippen molar-refractivity contribution in [3.05, 3.63) is 52.5 Å². The second kappa shape index (κ2) is 7.59. The molecule has 0 aromatic heterocycles. The zero-order valence-electron chi connectivity index (χ0n) is 10.8. The Balaban J connectivity index is 0.000000861. The fourth-order valence-corrected chi connectivity index (χ4v) is 1.69. The number of rotatable bonds is 2. The highest BCUT2D eigenvalue weighted by Crippen LogP contribution is 2.26. The predicted octanol–water partition coefficient (Wildman–Crippen LogP) is 4.64. The molecule has 3 nitrogen and oxygen atoms in total. The quantitative estimate of drug-likeness (QED) is 0.792. The molecule has 2 aromatic rings. The van der Waals surface area contributed by atoms with Crippen molar-refractivity contribution in [2.24, 2.45) is 4.99 Å². The van der Waals surface area contributed by atoms with E-state index in [1.165, 1.54) is 6.21 Å². The molecule has 0 amide bonds. The lowest BCUT2D eigenvalue weighted by molar-refractivity contribution is 0.473. The predicted molar refractivity (Wildman–Crippen MR) is 82.5 cm³/mol. The van der Waals surface area contributed by atoms with E-state index in [4.69, 9.17) is 0 Å². The van der Waals surface area contributed by atoms with Crippen LogP contribution in [0.3, 0.4) is 0 Å². The summed E-state index contributed by atoms with van der Waals surface area (Å²) >= 11 is 3.26. The van der Waals surface area contributed by atoms with E-state index in [2.05, 4.69) is 20.9 Å². The van der Waals surface area contributed by atoms with Gasteiger partial charge in [-0.3, -0.25) is 4.99 Å². The molecule has 2 N–H and O–H groups in total. The van der Waals surface area contributed by atoms with E-state index >= 15 is 0 Å². The molecule has 2 aromatic carbocycles. The lowest BCUT2D eigenvalue weighted by Crippen LogP contribution is -1.82. The summed E-state index contributed by atoms with van der Waals surface area (Å²) in [6.07, 6.45) is 1.51. The molecule has 0 fully saturated rings. The fourth-order valence-electron chi connectivity index (χ4n) is 1.34. The molecule has 0 saturated heterocycles. The van der Waals surface area contributed by atoms with Crippen LogP contribution in [0.5, 0.6) is 11.5 Å². The van der Waals surface area contributed by atoms with Crippen LogP contribution in [0.15, 0.2) is 51.9 Å². The average molecular weight is 322 g/mol. The molecule has 100 valence electrons. The van der Waals surface area contributed by atoms with Crippen LogP contribution < -0.4 is 0 Å². The third-order valence-electron chi connectivity index (χ3n) is 2.22. The van der Waals surface area contributed by atoms with Crippen LogP contribution in [0.1, 0.15) is 19.4 Å². The van der Waals surface area contributed by atoms with Gasteiger partial charge in [-0.05, 0) is 30.3 Å². The van der Waals surface area contributed by atoms with Gasteiger partial charge < -0.3 is 10.2 Å². The van der Waals surface area contributed by atoms with Crippen molar-refractivity contribution >= 4 is 27.8 Å². The largest absolute Gasteiger partial charge is 0.507 e. The van der Waals surface area contributed by atoms with Gasteiger partial charge in [0.1, 0.15) is 17.2 Å². The highest BCUT2D eigenvalue weighted by Gasteiger charge is 2.00. The number of benzene rings is 2. The summed E-state index contributed by atoms with van der Waals surface area (Å²) in [7, 11) is 0. The monoisotopic (exact) mass is 321 g/mol. The lowest BCUT2D eigenvalue weighted by atomic mass is 10.2. The topological polar surface area (TPSA) is 52.8 Å². The first kappa shape index (κ1) is 15.2. The Morgan fingerprint density at radius 2 is 1.68 bits per heavy atom. The Labute approximate surface area is 121 Å². The molecule has 0 heterocycles. The van der Waals surface area contributed by atoms with E-state index in [-0.39, 0.29) is 11.5 Å². The lowest BCUT2D eigenvalue weighted by Gasteiger charge is -2.00. The van der Waals surface area contributed by atoms with E-state index < -0.39 is 0 Å². The van der Waals surface area contributed by atoms with E-state index in [1.54, 1.807) is 36.4 Å². The fraction of sp³-hybridized carbons (Fsp3) is 0.133. The Hall–Kier alpha value is -1.81. The molecule has 4 heteroatoms. The number of phenolic OH excluding ortho intramolecular Hbond substituents is 2. The number of hydrogen-bond donors (Lipinski definition) is 2. The van der Waals surface area contributed by atoms with Gasteiger partial charge in [0.25, 0.3) is 0 Å². The number of aliphatic imine (C=N–C) groups is 1. The Morgan fingerprint density at radius 3 is 2.32 bits per heavy atom. The van der Waals surface area contributed by atoms with E-state index in [0.717, 1.165) is 4.47 Å². The van der Waals surface area contributed by atoms with Crippen molar-refractivity contribution in [1.82, 2.24) is 0 Å². The van der Waals surface area contributed by atoms with Crippen LogP contribution in [-0.2, 0) is 0 Å². The minimum absolute atomic E-state index is 0.111. The SMILES string of the molecule is CC.Oc1cc(Br)ccc1C=Nc1ccccc1O. The summed E-state index contributed by atoms with van der Waals surface area (Å²) in [4.78, 5) is 4.12. The Kier molecular flexibility index (Phi) is 6.09. The maximum Gasteiger partial charge on any atom is 0.141 e. The van der Waals surface area contributed by atoms with Gasteiger partial charge in [0, 0.05) is 16.3 Å². The van der Waals surface area contributed by atoms with Crippen molar-refractivity contribution < 1.29 is 10.2 Å². The van der Waals surface area contributed by atoms with Gasteiger partial charge in [0.2, 0.25) is 0 Å². The minimum Gasteiger partial charge on any atom is -0.507 e.